The van der Waals surface area contributed by atoms with Crippen LogP contribution in [0.3, 0.4) is 0 Å². The van der Waals surface area contributed by atoms with Gasteiger partial charge in [-0.25, -0.2) is 0 Å². The van der Waals surface area contributed by atoms with Crippen LogP contribution in [0.5, 0.6) is 0 Å². The molecule has 9 heteroatoms. The zero-order chi connectivity index (χ0) is 21.2. The van der Waals surface area contributed by atoms with E-state index in [2.05, 4.69) is 15.3 Å². The minimum Gasteiger partial charge on any atom is -0.367 e. The molecule has 1 aromatic heterocycles. The normalized spacial score (nSPS) is 20.0. The largest absolute Gasteiger partial charge is 0.393 e. The quantitative estimate of drug-likeness (QED) is 0.843. The highest BCUT2D eigenvalue weighted by molar-refractivity contribution is 5.92. The van der Waals surface area contributed by atoms with Crippen LogP contribution in [-0.2, 0) is 4.79 Å². The second-order valence-electron chi connectivity index (χ2n) is 7.74. The van der Waals surface area contributed by atoms with Crippen LogP contribution >= 0.6 is 0 Å². The summed E-state index contributed by atoms with van der Waals surface area (Å²) in [5.74, 6) is -1.72. The molecule has 1 amide bonds. The summed E-state index contributed by atoms with van der Waals surface area (Å²) in [4.78, 5) is 22.2. The Hall–Kier alpha value is -2.89. The zero-order valence-corrected chi connectivity index (χ0v) is 16.2. The van der Waals surface area contributed by atoms with Crippen molar-refractivity contribution in [3.63, 3.8) is 0 Å². The van der Waals surface area contributed by atoms with Gasteiger partial charge in [0.15, 0.2) is 0 Å². The van der Waals surface area contributed by atoms with Crippen molar-refractivity contribution >= 4 is 22.6 Å². The molecule has 0 aliphatic carbocycles. The van der Waals surface area contributed by atoms with Crippen LogP contribution in [0.4, 0.5) is 18.9 Å². The predicted octanol–water partition coefficient (Wildman–Crippen LogP) is 3.42. The van der Waals surface area contributed by atoms with E-state index in [0.29, 0.717) is 22.3 Å². The number of piperidine rings is 1. The first kappa shape index (κ1) is 20.8. The van der Waals surface area contributed by atoms with Gasteiger partial charge in [-0.05, 0) is 24.5 Å². The smallest absolute Gasteiger partial charge is 0.367 e. The number of hydrogen-bond acceptors (Lipinski definition) is 5. The number of carbonyl (C=O) groups is 1. The topological polar surface area (TPSA) is 81.9 Å². The van der Waals surface area contributed by atoms with Gasteiger partial charge in [0, 0.05) is 37.9 Å². The summed E-state index contributed by atoms with van der Waals surface area (Å²) in [6.45, 7) is 3.76. The Balaban J connectivity index is 1.94. The predicted molar refractivity (Wildman–Crippen MR) is 102 cm³/mol. The van der Waals surface area contributed by atoms with E-state index < -0.39 is 18.1 Å². The molecule has 2 aromatic rings. The Bertz CT molecular complexity index is 938. The maximum absolute atomic E-state index is 13.6. The fourth-order valence-corrected chi connectivity index (χ4v) is 3.68. The summed E-state index contributed by atoms with van der Waals surface area (Å²) >= 11 is 0. The Labute approximate surface area is 166 Å². The highest BCUT2D eigenvalue weighted by Gasteiger charge is 2.45. The third-order valence-corrected chi connectivity index (χ3v) is 4.94. The molecule has 3 rings (SSSR count). The number of alkyl halides is 3. The second-order valence-corrected chi connectivity index (χ2v) is 7.74. The SMILES string of the molecule is CC(C)CC(=O)NC1CC(C(F)(F)F)CN(c2ccc(C#N)c3nccnc23)C1. The molecule has 0 radical (unpaired) electrons. The number of nitriles is 1. The van der Waals surface area contributed by atoms with Crippen molar-refractivity contribution in [3.8, 4) is 6.07 Å². The molecular formula is C20H22F3N5O. The average Bonchev–Trinajstić information content (AvgIpc) is 2.65. The molecule has 1 N–H and O–H groups in total. The van der Waals surface area contributed by atoms with E-state index in [1.54, 1.807) is 11.0 Å². The van der Waals surface area contributed by atoms with Crippen molar-refractivity contribution in [2.45, 2.75) is 38.9 Å². The van der Waals surface area contributed by atoms with Gasteiger partial charge >= 0.3 is 6.18 Å². The highest BCUT2D eigenvalue weighted by atomic mass is 19.4. The average molecular weight is 405 g/mol. The molecule has 2 heterocycles. The van der Waals surface area contributed by atoms with Crippen LogP contribution in [0.1, 0.15) is 32.3 Å². The minimum absolute atomic E-state index is 0.117. The molecule has 1 fully saturated rings. The first-order valence-corrected chi connectivity index (χ1v) is 9.44. The third-order valence-electron chi connectivity index (χ3n) is 4.94. The number of carbonyl (C=O) groups excluding carboxylic acids is 1. The number of hydrogen-bond donors (Lipinski definition) is 1. The lowest BCUT2D eigenvalue weighted by Gasteiger charge is -2.40. The van der Waals surface area contributed by atoms with Crippen LogP contribution in [-0.4, -0.2) is 41.2 Å². The van der Waals surface area contributed by atoms with E-state index in [9.17, 15) is 23.2 Å². The van der Waals surface area contributed by atoms with Crippen LogP contribution < -0.4 is 10.2 Å². The van der Waals surface area contributed by atoms with E-state index in [1.165, 1.54) is 18.5 Å². The third kappa shape index (κ3) is 4.75. The summed E-state index contributed by atoms with van der Waals surface area (Å²) in [5.41, 5.74) is 1.51. The minimum atomic E-state index is -4.38. The molecule has 0 spiro atoms. The second kappa shape index (κ2) is 8.23. The van der Waals surface area contributed by atoms with Crippen molar-refractivity contribution in [1.82, 2.24) is 15.3 Å². The highest BCUT2D eigenvalue weighted by Crippen LogP contribution is 2.36. The van der Waals surface area contributed by atoms with Gasteiger partial charge in [0.05, 0.1) is 17.2 Å². The Morgan fingerprint density at radius 3 is 2.59 bits per heavy atom. The van der Waals surface area contributed by atoms with Crippen LogP contribution in [0.15, 0.2) is 24.5 Å². The van der Waals surface area contributed by atoms with Crippen molar-refractivity contribution < 1.29 is 18.0 Å². The van der Waals surface area contributed by atoms with Gasteiger partial charge in [-0.3, -0.25) is 14.8 Å². The van der Waals surface area contributed by atoms with Crippen LogP contribution in [0.25, 0.3) is 11.0 Å². The Morgan fingerprint density at radius 2 is 1.97 bits per heavy atom. The number of benzene rings is 1. The van der Waals surface area contributed by atoms with Crippen molar-refractivity contribution in [1.29, 1.82) is 5.26 Å². The molecule has 6 nitrogen and oxygen atoms in total. The summed E-state index contributed by atoms with van der Waals surface area (Å²) < 4.78 is 40.7. The molecule has 154 valence electrons. The monoisotopic (exact) mass is 405 g/mol. The Kier molecular flexibility index (Phi) is 5.91. The lowest BCUT2D eigenvalue weighted by atomic mass is 9.92. The fourth-order valence-electron chi connectivity index (χ4n) is 3.68. The summed E-state index contributed by atoms with van der Waals surface area (Å²) in [6.07, 6.45) is -1.40. The summed E-state index contributed by atoms with van der Waals surface area (Å²) in [5, 5.41) is 12.0. The molecule has 0 saturated carbocycles. The molecule has 29 heavy (non-hydrogen) atoms. The molecule has 2 atom stereocenters. The van der Waals surface area contributed by atoms with Crippen molar-refractivity contribution in [3.05, 3.63) is 30.1 Å². The number of amides is 1. The standard InChI is InChI=1S/C20H22F3N5O/c1-12(2)7-17(29)27-15-8-14(20(21,22)23)10-28(11-15)16-4-3-13(9-24)18-19(16)26-6-5-25-18/h3-6,12,14-15H,7-8,10-11H2,1-2H3,(H,27,29). The Morgan fingerprint density at radius 1 is 1.28 bits per heavy atom. The van der Waals surface area contributed by atoms with Crippen LogP contribution in [0.2, 0.25) is 0 Å². The maximum atomic E-state index is 13.6. The van der Waals surface area contributed by atoms with E-state index in [1.807, 2.05) is 19.9 Å². The number of nitrogens with zero attached hydrogens (tertiary/aromatic N) is 4. The van der Waals surface area contributed by atoms with E-state index in [4.69, 9.17) is 0 Å². The zero-order valence-electron chi connectivity index (χ0n) is 16.2. The van der Waals surface area contributed by atoms with Gasteiger partial charge in [0.1, 0.15) is 17.1 Å². The lowest BCUT2D eigenvalue weighted by molar-refractivity contribution is -0.178. The summed E-state index contributed by atoms with van der Waals surface area (Å²) in [7, 11) is 0. The van der Waals surface area contributed by atoms with Gasteiger partial charge in [-0.15, -0.1) is 0 Å². The fraction of sp³-hybridized carbons (Fsp3) is 0.500. The number of halogens is 3. The number of fused-ring (bicyclic) bond motifs is 1. The number of aromatic nitrogens is 2. The van der Waals surface area contributed by atoms with Gasteiger partial charge in [0.2, 0.25) is 5.91 Å². The van der Waals surface area contributed by atoms with Gasteiger partial charge in [0.25, 0.3) is 0 Å². The van der Waals surface area contributed by atoms with Crippen molar-refractivity contribution in [2.24, 2.45) is 11.8 Å². The molecule has 1 aromatic carbocycles. The maximum Gasteiger partial charge on any atom is 0.393 e. The van der Waals surface area contributed by atoms with E-state index in [0.717, 1.165) is 0 Å². The molecule has 1 aliphatic heterocycles. The molecule has 1 aliphatic rings. The first-order valence-electron chi connectivity index (χ1n) is 9.44. The van der Waals surface area contributed by atoms with Gasteiger partial charge in [-0.1, -0.05) is 13.8 Å². The van der Waals surface area contributed by atoms with E-state index >= 15 is 0 Å². The molecule has 2 unspecified atom stereocenters. The molecule has 0 bridgehead atoms. The van der Waals surface area contributed by atoms with Crippen LogP contribution in [0, 0.1) is 23.2 Å². The van der Waals surface area contributed by atoms with E-state index in [-0.39, 0.29) is 37.8 Å². The number of anilines is 1. The lowest BCUT2D eigenvalue weighted by Crippen LogP contribution is -2.54. The number of nitrogens with one attached hydrogen (secondary N) is 1. The van der Waals surface area contributed by atoms with Crippen molar-refractivity contribution in [2.75, 3.05) is 18.0 Å². The molecule has 1 saturated heterocycles. The van der Waals surface area contributed by atoms with Gasteiger partial charge < -0.3 is 10.2 Å². The first-order chi connectivity index (χ1) is 13.7. The molecular weight excluding hydrogens is 383 g/mol. The van der Waals surface area contributed by atoms with Gasteiger partial charge in [-0.2, -0.15) is 18.4 Å². The number of rotatable bonds is 4. The summed E-state index contributed by atoms with van der Waals surface area (Å²) in [6, 6.07) is 4.53.